The van der Waals surface area contributed by atoms with Gasteiger partial charge in [-0.25, -0.2) is 0 Å². The molecule has 15 heavy (non-hydrogen) atoms. The fourth-order valence-electron chi connectivity index (χ4n) is 1.21. The molecule has 0 aromatic heterocycles. The van der Waals surface area contributed by atoms with Gasteiger partial charge in [-0.2, -0.15) is 0 Å². The molecule has 0 aromatic rings. The monoisotopic (exact) mass is 233 g/mol. The molecule has 90 valence electrons. The van der Waals surface area contributed by atoms with Crippen LogP contribution in [0.3, 0.4) is 0 Å². The Hall–Kier alpha value is -0.240. The SMILES string of the molecule is CCC(C)(C)C(=O)NC(CCCl)C(C)C. The molecule has 2 nitrogen and oxygen atoms in total. The number of alkyl halides is 1. The Labute approximate surface area is 98.8 Å². The summed E-state index contributed by atoms with van der Waals surface area (Å²) in [6.45, 7) is 10.2. The summed E-state index contributed by atoms with van der Waals surface area (Å²) in [5.74, 6) is 1.16. The zero-order valence-corrected chi connectivity index (χ0v) is 11.3. The fraction of sp³-hybridized carbons (Fsp3) is 0.917. The minimum absolute atomic E-state index is 0.133. The smallest absolute Gasteiger partial charge is 0.225 e. The maximum Gasteiger partial charge on any atom is 0.225 e. The van der Waals surface area contributed by atoms with Gasteiger partial charge in [0.15, 0.2) is 0 Å². The van der Waals surface area contributed by atoms with E-state index in [0.717, 1.165) is 12.8 Å². The Morgan fingerprint density at radius 2 is 1.93 bits per heavy atom. The first kappa shape index (κ1) is 14.8. The molecule has 0 fully saturated rings. The molecular weight excluding hydrogens is 210 g/mol. The molecular formula is C12H24ClNO. The summed E-state index contributed by atoms with van der Waals surface area (Å²) in [6, 6.07) is 0.195. The van der Waals surface area contributed by atoms with Crippen molar-refractivity contribution in [3.63, 3.8) is 0 Å². The summed E-state index contributed by atoms with van der Waals surface area (Å²) in [6.07, 6.45) is 1.69. The van der Waals surface area contributed by atoms with Crippen molar-refractivity contribution in [3.05, 3.63) is 0 Å². The predicted molar refractivity (Wildman–Crippen MR) is 66.2 cm³/mol. The van der Waals surface area contributed by atoms with Gasteiger partial charge in [0.1, 0.15) is 0 Å². The minimum atomic E-state index is -0.278. The van der Waals surface area contributed by atoms with Crippen LogP contribution >= 0.6 is 11.6 Å². The Bertz CT molecular complexity index is 202. The number of hydrogen-bond acceptors (Lipinski definition) is 1. The molecule has 0 bridgehead atoms. The number of halogens is 1. The van der Waals surface area contributed by atoms with Crippen molar-refractivity contribution in [2.75, 3.05) is 5.88 Å². The third-order valence-corrected chi connectivity index (χ3v) is 3.26. The molecule has 0 heterocycles. The second-order valence-electron chi connectivity index (χ2n) is 5.04. The summed E-state index contributed by atoms with van der Waals surface area (Å²) in [5.41, 5.74) is -0.278. The molecule has 0 radical (unpaired) electrons. The molecule has 0 aliphatic heterocycles. The lowest BCUT2D eigenvalue weighted by atomic mass is 9.88. The van der Waals surface area contributed by atoms with Crippen molar-refractivity contribution in [1.29, 1.82) is 0 Å². The summed E-state index contributed by atoms with van der Waals surface area (Å²) in [4.78, 5) is 11.9. The quantitative estimate of drug-likeness (QED) is 0.702. The number of hydrogen-bond donors (Lipinski definition) is 1. The van der Waals surface area contributed by atoms with Crippen LogP contribution in [0.1, 0.15) is 47.5 Å². The molecule has 0 saturated carbocycles. The van der Waals surface area contributed by atoms with Crippen molar-refractivity contribution in [3.8, 4) is 0 Å². The van der Waals surface area contributed by atoms with Gasteiger partial charge >= 0.3 is 0 Å². The van der Waals surface area contributed by atoms with Crippen LogP contribution in [0.5, 0.6) is 0 Å². The van der Waals surface area contributed by atoms with Crippen molar-refractivity contribution in [2.24, 2.45) is 11.3 Å². The highest BCUT2D eigenvalue weighted by molar-refractivity contribution is 6.17. The van der Waals surface area contributed by atoms with Gasteiger partial charge in [0.25, 0.3) is 0 Å². The van der Waals surface area contributed by atoms with E-state index in [1.807, 2.05) is 20.8 Å². The second kappa shape index (κ2) is 6.37. The Morgan fingerprint density at radius 1 is 1.40 bits per heavy atom. The third kappa shape index (κ3) is 4.87. The summed E-state index contributed by atoms with van der Waals surface area (Å²) >= 11 is 5.72. The van der Waals surface area contributed by atoms with Gasteiger partial charge in [-0.15, -0.1) is 11.6 Å². The first-order chi connectivity index (χ1) is 6.85. The summed E-state index contributed by atoms with van der Waals surface area (Å²) < 4.78 is 0. The third-order valence-electron chi connectivity index (χ3n) is 3.04. The van der Waals surface area contributed by atoms with Gasteiger partial charge in [0.2, 0.25) is 5.91 Å². The van der Waals surface area contributed by atoms with E-state index in [0.29, 0.717) is 11.8 Å². The van der Waals surface area contributed by atoms with Crippen LogP contribution in [0.2, 0.25) is 0 Å². The van der Waals surface area contributed by atoms with Gasteiger partial charge in [-0.05, 0) is 18.8 Å². The van der Waals surface area contributed by atoms with Crippen molar-refractivity contribution in [1.82, 2.24) is 5.32 Å². The van der Waals surface area contributed by atoms with Crippen molar-refractivity contribution < 1.29 is 4.79 Å². The molecule has 1 atom stereocenters. The Morgan fingerprint density at radius 3 is 2.27 bits per heavy atom. The molecule has 0 rings (SSSR count). The van der Waals surface area contributed by atoms with E-state index in [1.54, 1.807) is 0 Å². The molecule has 1 amide bonds. The van der Waals surface area contributed by atoms with Crippen LogP contribution in [-0.2, 0) is 4.79 Å². The van der Waals surface area contributed by atoms with Crippen LogP contribution in [0.4, 0.5) is 0 Å². The van der Waals surface area contributed by atoms with Gasteiger partial charge < -0.3 is 5.32 Å². The number of carbonyl (C=O) groups is 1. The predicted octanol–water partition coefficient (Wildman–Crippen LogP) is 3.19. The minimum Gasteiger partial charge on any atom is -0.353 e. The van der Waals surface area contributed by atoms with Gasteiger partial charge in [0.05, 0.1) is 0 Å². The van der Waals surface area contributed by atoms with Gasteiger partial charge in [-0.1, -0.05) is 34.6 Å². The Kier molecular flexibility index (Phi) is 6.26. The molecule has 1 N–H and O–H groups in total. The van der Waals surface area contributed by atoms with E-state index in [2.05, 4.69) is 19.2 Å². The molecule has 3 heteroatoms. The molecule has 0 spiro atoms. The van der Waals surface area contributed by atoms with Crippen LogP contribution < -0.4 is 5.32 Å². The fourth-order valence-corrected chi connectivity index (χ4v) is 1.45. The maximum atomic E-state index is 11.9. The number of carbonyl (C=O) groups excluding carboxylic acids is 1. The van der Waals surface area contributed by atoms with Gasteiger partial charge in [-0.3, -0.25) is 4.79 Å². The average molecular weight is 234 g/mol. The van der Waals surface area contributed by atoms with Crippen LogP contribution in [0.15, 0.2) is 0 Å². The Balaban J connectivity index is 4.35. The standard InChI is InChI=1S/C12H24ClNO/c1-6-12(4,5)11(15)14-10(7-8-13)9(2)3/h9-10H,6-8H2,1-5H3,(H,14,15). The first-order valence-electron chi connectivity index (χ1n) is 5.72. The molecule has 0 aromatic carbocycles. The molecule has 0 aliphatic carbocycles. The lowest BCUT2D eigenvalue weighted by Gasteiger charge is -2.28. The van der Waals surface area contributed by atoms with E-state index >= 15 is 0 Å². The van der Waals surface area contributed by atoms with E-state index in [1.165, 1.54) is 0 Å². The number of amides is 1. The van der Waals surface area contributed by atoms with E-state index in [4.69, 9.17) is 11.6 Å². The van der Waals surface area contributed by atoms with Crippen LogP contribution in [-0.4, -0.2) is 17.8 Å². The highest BCUT2D eigenvalue weighted by atomic mass is 35.5. The lowest BCUT2D eigenvalue weighted by molar-refractivity contribution is -0.130. The van der Waals surface area contributed by atoms with Crippen molar-refractivity contribution >= 4 is 17.5 Å². The van der Waals surface area contributed by atoms with Crippen molar-refractivity contribution in [2.45, 2.75) is 53.5 Å². The molecule has 0 aliphatic rings. The average Bonchev–Trinajstić information content (AvgIpc) is 2.16. The zero-order valence-electron chi connectivity index (χ0n) is 10.6. The zero-order chi connectivity index (χ0) is 12.1. The summed E-state index contributed by atoms with van der Waals surface area (Å²) in [7, 11) is 0. The highest BCUT2D eigenvalue weighted by Crippen LogP contribution is 2.20. The number of rotatable bonds is 6. The molecule has 1 unspecified atom stereocenters. The van der Waals surface area contributed by atoms with E-state index in [-0.39, 0.29) is 17.4 Å². The molecule has 0 saturated heterocycles. The first-order valence-corrected chi connectivity index (χ1v) is 6.25. The van der Waals surface area contributed by atoms with E-state index < -0.39 is 0 Å². The van der Waals surface area contributed by atoms with Gasteiger partial charge in [0, 0.05) is 17.3 Å². The number of nitrogens with one attached hydrogen (secondary N) is 1. The largest absolute Gasteiger partial charge is 0.353 e. The van der Waals surface area contributed by atoms with Crippen LogP contribution in [0.25, 0.3) is 0 Å². The lowest BCUT2D eigenvalue weighted by Crippen LogP contribution is -2.45. The maximum absolute atomic E-state index is 11.9. The van der Waals surface area contributed by atoms with E-state index in [9.17, 15) is 4.79 Å². The normalized spacial score (nSPS) is 14.1. The highest BCUT2D eigenvalue weighted by Gasteiger charge is 2.27. The summed E-state index contributed by atoms with van der Waals surface area (Å²) in [5, 5.41) is 3.09. The van der Waals surface area contributed by atoms with Crippen LogP contribution in [0, 0.1) is 11.3 Å². The topological polar surface area (TPSA) is 29.1 Å². The second-order valence-corrected chi connectivity index (χ2v) is 5.42.